The van der Waals surface area contributed by atoms with Gasteiger partial charge in [-0.2, -0.15) is 0 Å². The number of rotatable bonds is 4. The molecule has 5 rings (SSSR count). The van der Waals surface area contributed by atoms with Crippen molar-refractivity contribution >= 4 is 17.0 Å². The molecule has 3 heterocycles. The highest BCUT2D eigenvalue weighted by Gasteiger charge is 2.20. The summed E-state index contributed by atoms with van der Waals surface area (Å²) in [5, 5.41) is 5.35. The Bertz CT molecular complexity index is 1350. The fraction of sp³-hybridized carbons (Fsp3) is 0.185. The third-order valence-corrected chi connectivity index (χ3v) is 6.60. The van der Waals surface area contributed by atoms with Crippen LogP contribution in [0.15, 0.2) is 72.1 Å². The highest BCUT2D eigenvalue weighted by atomic mass is 32.1. The Labute approximate surface area is 197 Å². The number of pyridine rings is 2. The molecule has 1 aromatic carbocycles. The summed E-state index contributed by atoms with van der Waals surface area (Å²) in [6.07, 6.45) is 6.49. The second kappa shape index (κ2) is 9.76. The van der Waals surface area contributed by atoms with E-state index >= 15 is 0 Å². The maximum absolute atomic E-state index is 5.54. The Morgan fingerprint density at radius 3 is 2.79 bits per heavy atom. The zero-order valence-corrected chi connectivity index (χ0v) is 19.1. The topological polar surface area (TPSA) is 60.3 Å². The standard InChI is InChI=1S/C27H22N4OS/c1-19-26(33-27(29-19)22-12-6-16-28-18-22)24-15-14-21-11-5-13-23(25(21)30-24)31-32-17-7-10-20-8-3-2-4-9-20/h2-4,6,8-9,12,14-16,18H,5,11,13,17H2,1H3/b31-23+. The number of aromatic nitrogens is 3. The molecule has 0 amide bonds. The smallest absolute Gasteiger partial charge is 0.177 e. The van der Waals surface area contributed by atoms with Crippen LogP contribution in [-0.2, 0) is 11.3 Å². The Kier molecular flexibility index (Phi) is 6.23. The fourth-order valence-electron chi connectivity index (χ4n) is 3.77. The van der Waals surface area contributed by atoms with Crippen molar-refractivity contribution in [2.75, 3.05) is 6.61 Å². The molecule has 0 radical (unpaired) electrons. The van der Waals surface area contributed by atoms with E-state index in [1.807, 2.05) is 55.6 Å². The van der Waals surface area contributed by atoms with Gasteiger partial charge >= 0.3 is 0 Å². The Hall–Kier alpha value is -3.82. The lowest BCUT2D eigenvalue weighted by molar-refractivity contribution is 0.179. The zero-order valence-electron chi connectivity index (χ0n) is 18.3. The van der Waals surface area contributed by atoms with Gasteiger partial charge in [0.05, 0.1) is 22.0 Å². The van der Waals surface area contributed by atoms with Crippen molar-refractivity contribution in [2.45, 2.75) is 26.2 Å². The average molecular weight is 451 g/mol. The summed E-state index contributed by atoms with van der Waals surface area (Å²) in [5.74, 6) is 6.10. The van der Waals surface area contributed by atoms with Crippen molar-refractivity contribution in [3.8, 4) is 33.0 Å². The molecular weight excluding hydrogens is 428 g/mol. The van der Waals surface area contributed by atoms with E-state index in [-0.39, 0.29) is 6.61 Å². The summed E-state index contributed by atoms with van der Waals surface area (Å²) in [7, 11) is 0. The van der Waals surface area contributed by atoms with E-state index in [1.54, 1.807) is 17.5 Å². The molecule has 33 heavy (non-hydrogen) atoms. The number of hydrogen-bond donors (Lipinski definition) is 0. The molecule has 0 fully saturated rings. The molecule has 4 aromatic rings. The van der Waals surface area contributed by atoms with Crippen LogP contribution in [0.1, 0.15) is 35.4 Å². The average Bonchev–Trinajstić information content (AvgIpc) is 3.26. The highest BCUT2D eigenvalue weighted by Crippen LogP contribution is 2.35. The van der Waals surface area contributed by atoms with Crippen LogP contribution in [0.3, 0.4) is 0 Å². The van der Waals surface area contributed by atoms with Crippen molar-refractivity contribution in [3.05, 3.63) is 89.5 Å². The molecule has 3 aromatic heterocycles. The van der Waals surface area contributed by atoms with E-state index in [9.17, 15) is 0 Å². The third-order valence-electron chi connectivity index (χ3n) is 5.37. The van der Waals surface area contributed by atoms with Gasteiger partial charge in [0.15, 0.2) is 6.61 Å². The van der Waals surface area contributed by atoms with Gasteiger partial charge in [-0.25, -0.2) is 9.97 Å². The van der Waals surface area contributed by atoms with Crippen molar-refractivity contribution < 1.29 is 4.84 Å². The van der Waals surface area contributed by atoms with Gasteiger partial charge in [0, 0.05) is 23.5 Å². The number of aryl methyl sites for hydroxylation is 2. The normalized spacial score (nSPS) is 13.8. The summed E-state index contributed by atoms with van der Waals surface area (Å²) >= 11 is 1.64. The summed E-state index contributed by atoms with van der Waals surface area (Å²) in [4.78, 5) is 20.6. The number of fused-ring (bicyclic) bond motifs is 1. The van der Waals surface area contributed by atoms with E-state index in [0.717, 1.165) is 63.1 Å². The summed E-state index contributed by atoms with van der Waals surface area (Å²) in [5.41, 5.74) is 6.87. The lowest BCUT2D eigenvalue weighted by Gasteiger charge is -2.17. The quantitative estimate of drug-likeness (QED) is 0.228. The van der Waals surface area contributed by atoms with E-state index in [4.69, 9.17) is 14.8 Å². The van der Waals surface area contributed by atoms with Crippen LogP contribution in [0.5, 0.6) is 0 Å². The SMILES string of the molecule is Cc1nc(-c2cccnc2)sc1-c1ccc2c(n1)/C(=N/OCC#Cc1ccccc1)CCC2. The van der Waals surface area contributed by atoms with E-state index in [0.29, 0.717) is 0 Å². The molecule has 0 unspecified atom stereocenters. The van der Waals surface area contributed by atoms with E-state index < -0.39 is 0 Å². The minimum atomic E-state index is 0.246. The molecule has 0 aliphatic heterocycles. The Morgan fingerprint density at radius 2 is 1.94 bits per heavy atom. The first-order valence-electron chi connectivity index (χ1n) is 10.9. The molecule has 0 spiro atoms. The van der Waals surface area contributed by atoms with Gasteiger partial charge < -0.3 is 4.84 Å². The molecule has 0 N–H and O–H groups in total. The molecule has 0 atom stereocenters. The Balaban J connectivity index is 1.37. The van der Waals surface area contributed by atoms with Gasteiger partial charge in [0.2, 0.25) is 0 Å². The minimum Gasteiger partial charge on any atom is -0.382 e. The van der Waals surface area contributed by atoms with E-state index in [1.165, 1.54) is 5.56 Å². The Morgan fingerprint density at radius 1 is 1.03 bits per heavy atom. The van der Waals surface area contributed by atoms with Crippen LogP contribution in [0.4, 0.5) is 0 Å². The summed E-state index contributed by atoms with van der Waals surface area (Å²) < 4.78 is 0. The van der Waals surface area contributed by atoms with Crippen LogP contribution >= 0.6 is 11.3 Å². The van der Waals surface area contributed by atoms with Crippen LogP contribution in [0.2, 0.25) is 0 Å². The van der Waals surface area contributed by atoms with Gasteiger partial charge in [-0.15, -0.1) is 11.3 Å². The fourth-order valence-corrected chi connectivity index (χ4v) is 4.79. The van der Waals surface area contributed by atoms with Crippen molar-refractivity contribution in [1.29, 1.82) is 0 Å². The second-order valence-corrected chi connectivity index (χ2v) is 8.71. The maximum Gasteiger partial charge on any atom is 0.177 e. The number of benzene rings is 1. The van der Waals surface area contributed by atoms with Crippen LogP contribution in [-0.4, -0.2) is 27.3 Å². The predicted molar refractivity (Wildman–Crippen MR) is 132 cm³/mol. The van der Waals surface area contributed by atoms with Crippen molar-refractivity contribution in [2.24, 2.45) is 5.16 Å². The first kappa shape index (κ1) is 21.0. The monoisotopic (exact) mass is 450 g/mol. The molecule has 1 aliphatic rings. The van der Waals surface area contributed by atoms with Gasteiger partial charge in [0.1, 0.15) is 10.7 Å². The molecule has 0 saturated heterocycles. The largest absolute Gasteiger partial charge is 0.382 e. The van der Waals surface area contributed by atoms with Gasteiger partial charge in [-0.1, -0.05) is 41.3 Å². The number of oxime groups is 1. The molecule has 5 nitrogen and oxygen atoms in total. The third kappa shape index (κ3) is 4.84. The first-order chi connectivity index (χ1) is 16.3. The molecular formula is C27H22N4OS. The lowest BCUT2D eigenvalue weighted by atomic mass is 9.94. The number of hydrogen-bond acceptors (Lipinski definition) is 6. The van der Waals surface area contributed by atoms with Crippen LogP contribution in [0.25, 0.3) is 21.1 Å². The van der Waals surface area contributed by atoms with Crippen LogP contribution in [0, 0.1) is 18.8 Å². The summed E-state index contributed by atoms with van der Waals surface area (Å²) in [6, 6.07) is 18.1. The first-order valence-corrected chi connectivity index (χ1v) is 11.7. The van der Waals surface area contributed by atoms with Gasteiger partial charge in [-0.3, -0.25) is 4.98 Å². The lowest BCUT2D eigenvalue weighted by Crippen LogP contribution is -2.15. The molecule has 162 valence electrons. The molecule has 1 aliphatic carbocycles. The molecule has 6 heteroatoms. The van der Waals surface area contributed by atoms with Crippen molar-refractivity contribution in [3.63, 3.8) is 0 Å². The zero-order chi connectivity index (χ0) is 22.5. The number of nitrogens with zero attached hydrogens (tertiary/aromatic N) is 4. The number of thiazole rings is 1. The molecule has 0 bridgehead atoms. The van der Waals surface area contributed by atoms with Gasteiger partial charge in [-0.05, 0) is 62.1 Å². The van der Waals surface area contributed by atoms with Gasteiger partial charge in [0.25, 0.3) is 0 Å². The molecule has 0 saturated carbocycles. The van der Waals surface area contributed by atoms with Crippen LogP contribution < -0.4 is 0 Å². The van der Waals surface area contributed by atoms with Crippen molar-refractivity contribution in [1.82, 2.24) is 15.0 Å². The minimum absolute atomic E-state index is 0.246. The van der Waals surface area contributed by atoms with E-state index in [2.05, 4.69) is 34.1 Å². The predicted octanol–water partition coefficient (Wildman–Crippen LogP) is 5.68. The second-order valence-electron chi connectivity index (χ2n) is 7.71. The maximum atomic E-state index is 5.54. The summed E-state index contributed by atoms with van der Waals surface area (Å²) in [6.45, 7) is 2.27. The highest BCUT2D eigenvalue weighted by molar-refractivity contribution is 7.18.